The standard InChI is InChI=1S/C39H48N10O3S/c1-25-4-6-30(53-49-18-10-29(11-19-49)42-38-41-22-32-35(44-38)43-37(52)39(32)13-14-39)20-28(25)23-47-15-8-26(9-16-47)27-5-7-31-33(21-27)46(3)45-36(31)48(24-50)17-12-34(51)40-2/h4-7,20-22,24,26,29H,8-19,23H2,1-3H3,(H,40,51)(H2,41,42,43,44,52). The van der Waals surface area contributed by atoms with Gasteiger partial charge in [0.2, 0.25) is 24.2 Å². The first-order chi connectivity index (χ1) is 25.7. The number of piperidine rings is 2. The van der Waals surface area contributed by atoms with Gasteiger partial charge in [0.1, 0.15) is 5.82 Å². The van der Waals surface area contributed by atoms with Crippen molar-refractivity contribution in [2.45, 2.75) is 80.7 Å². The number of likely N-dealkylation sites (tertiary alicyclic amines) is 1. The average molecular weight is 737 g/mol. The van der Waals surface area contributed by atoms with Crippen molar-refractivity contribution in [3.8, 4) is 0 Å². The van der Waals surface area contributed by atoms with E-state index in [-0.39, 0.29) is 30.2 Å². The highest BCUT2D eigenvalue weighted by Crippen LogP contribution is 2.54. The molecule has 53 heavy (non-hydrogen) atoms. The lowest BCUT2D eigenvalue weighted by atomic mass is 9.88. The average Bonchev–Trinajstić information content (AvgIpc) is 3.86. The first-order valence-corrected chi connectivity index (χ1v) is 19.6. The second-order valence-electron chi connectivity index (χ2n) is 15.0. The minimum absolute atomic E-state index is 0.0713. The number of amides is 3. The summed E-state index contributed by atoms with van der Waals surface area (Å²) in [4.78, 5) is 50.6. The van der Waals surface area contributed by atoms with Gasteiger partial charge in [0.25, 0.3) is 0 Å². The minimum Gasteiger partial charge on any atom is -0.359 e. The van der Waals surface area contributed by atoms with E-state index in [0.29, 0.717) is 29.5 Å². The highest BCUT2D eigenvalue weighted by molar-refractivity contribution is 7.97. The van der Waals surface area contributed by atoms with Crippen molar-refractivity contribution in [1.29, 1.82) is 0 Å². The molecule has 3 aliphatic heterocycles. The third-order valence-corrected chi connectivity index (χ3v) is 12.7. The van der Waals surface area contributed by atoms with E-state index in [4.69, 9.17) is 0 Å². The molecule has 2 saturated heterocycles. The molecule has 1 saturated carbocycles. The molecule has 2 aromatic heterocycles. The number of nitrogens with zero attached hydrogens (tertiary/aromatic N) is 7. The number of hydrogen-bond donors (Lipinski definition) is 3. The van der Waals surface area contributed by atoms with Crippen LogP contribution in [-0.2, 0) is 33.4 Å². The van der Waals surface area contributed by atoms with Crippen LogP contribution < -0.4 is 20.9 Å². The zero-order valence-corrected chi connectivity index (χ0v) is 31.5. The molecule has 8 rings (SSSR count). The molecule has 13 nitrogen and oxygen atoms in total. The van der Waals surface area contributed by atoms with Gasteiger partial charge in [-0.2, -0.15) is 10.1 Å². The van der Waals surface area contributed by atoms with Gasteiger partial charge in [0.15, 0.2) is 5.82 Å². The van der Waals surface area contributed by atoms with E-state index in [1.54, 1.807) is 7.05 Å². The number of fused-ring (bicyclic) bond motifs is 3. The zero-order valence-electron chi connectivity index (χ0n) is 30.7. The highest BCUT2D eigenvalue weighted by Gasteiger charge is 2.57. The van der Waals surface area contributed by atoms with Crippen molar-refractivity contribution in [1.82, 2.24) is 34.3 Å². The molecule has 1 spiro atoms. The van der Waals surface area contributed by atoms with E-state index >= 15 is 0 Å². The fourth-order valence-corrected chi connectivity index (χ4v) is 9.12. The van der Waals surface area contributed by atoms with Crippen LogP contribution in [0.1, 0.15) is 73.1 Å². The number of aromatic nitrogens is 4. The number of aryl methyl sites for hydroxylation is 2. The monoisotopic (exact) mass is 736 g/mol. The number of carbonyl (C=O) groups excluding carboxylic acids is 3. The van der Waals surface area contributed by atoms with E-state index in [9.17, 15) is 14.4 Å². The molecule has 4 aromatic rings. The third-order valence-electron chi connectivity index (χ3n) is 11.6. The summed E-state index contributed by atoms with van der Waals surface area (Å²) in [6, 6.07) is 13.7. The Hall–Kier alpha value is -4.53. The number of benzene rings is 2. The number of carbonyl (C=O) groups is 3. The normalized spacial score (nSPS) is 19.0. The van der Waals surface area contributed by atoms with Crippen molar-refractivity contribution in [2.75, 3.05) is 55.3 Å². The Kier molecular flexibility index (Phi) is 9.85. The summed E-state index contributed by atoms with van der Waals surface area (Å²) in [7, 11) is 3.50. The van der Waals surface area contributed by atoms with Crippen LogP contribution in [0.15, 0.2) is 47.5 Å². The Morgan fingerprint density at radius 1 is 1.09 bits per heavy atom. The summed E-state index contributed by atoms with van der Waals surface area (Å²) in [6.45, 7) is 7.47. The van der Waals surface area contributed by atoms with Crippen molar-refractivity contribution in [2.24, 2.45) is 7.05 Å². The van der Waals surface area contributed by atoms with Crippen LogP contribution in [0.3, 0.4) is 0 Å². The minimum atomic E-state index is -0.354. The second-order valence-corrected chi connectivity index (χ2v) is 16.2. The Balaban J connectivity index is 0.826. The van der Waals surface area contributed by atoms with Gasteiger partial charge in [0.05, 0.1) is 10.9 Å². The second kappa shape index (κ2) is 14.7. The van der Waals surface area contributed by atoms with E-state index < -0.39 is 0 Å². The summed E-state index contributed by atoms with van der Waals surface area (Å²) in [5, 5.41) is 14.6. The summed E-state index contributed by atoms with van der Waals surface area (Å²) in [5.74, 6) is 2.29. The number of rotatable bonds is 12. The molecular formula is C39H48N10O3S. The van der Waals surface area contributed by atoms with Crippen molar-refractivity contribution in [3.63, 3.8) is 0 Å². The number of hydrogen-bond acceptors (Lipinski definition) is 10. The molecule has 0 atom stereocenters. The Morgan fingerprint density at radius 3 is 2.62 bits per heavy atom. The maximum Gasteiger partial charge on any atom is 0.236 e. The molecule has 0 unspecified atom stereocenters. The molecule has 278 valence electrons. The summed E-state index contributed by atoms with van der Waals surface area (Å²) in [6.07, 6.45) is 8.78. The summed E-state index contributed by atoms with van der Waals surface area (Å²) in [5.41, 5.74) is 5.62. The smallest absolute Gasteiger partial charge is 0.236 e. The molecule has 3 amide bonds. The largest absolute Gasteiger partial charge is 0.359 e. The lowest BCUT2D eigenvalue weighted by Crippen LogP contribution is -2.36. The maximum absolute atomic E-state index is 12.4. The summed E-state index contributed by atoms with van der Waals surface area (Å²) < 4.78 is 4.30. The van der Waals surface area contributed by atoms with Crippen molar-refractivity contribution < 1.29 is 14.4 Å². The Labute approximate surface area is 314 Å². The fourth-order valence-electron chi connectivity index (χ4n) is 8.11. The van der Waals surface area contributed by atoms with Crippen LogP contribution in [0, 0.1) is 6.92 Å². The predicted molar refractivity (Wildman–Crippen MR) is 207 cm³/mol. The van der Waals surface area contributed by atoms with Gasteiger partial charge in [-0.25, -0.2) is 9.29 Å². The SMILES string of the molecule is CNC(=O)CCN(C=O)c1nn(C)c2cc(C3CCN(Cc4cc(SN5CCC(Nc6ncc7c(n6)NC(=O)C76CC6)CC5)ccc4C)CC3)ccc12. The van der Waals surface area contributed by atoms with Crippen LogP contribution >= 0.6 is 11.9 Å². The van der Waals surface area contributed by atoms with Crippen molar-refractivity contribution in [3.05, 3.63) is 64.8 Å². The molecule has 0 bridgehead atoms. The number of nitrogens with one attached hydrogen (secondary N) is 3. The maximum atomic E-state index is 12.4. The predicted octanol–water partition coefficient (Wildman–Crippen LogP) is 4.72. The molecule has 3 fully saturated rings. The fraction of sp³-hybridized carbons (Fsp3) is 0.487. The van der Waals surface area contributed by atoms with Gasteiger partial charge in [0, 0.05) is 74.8 Å². The molecule has 2 aromatic carbocycles. The molecule has 14 heteroatoms. The highest BCUT2D eigenvalue weighted by atomic mass is 32.2. The molecule has 4 aliphatic rings. The molecular weight excluding hydrogens is 689 g/mol. The molecule has 1 aliphatic carbocycles. The van der Waals surface area contributed by atoms with Crippen LogP contribution in [-0.4, -0.2) is 93.0 Å². The number of anilines is 3. The van der Waals surface area contributed by atoms with Crippen molar-refractivity contribution >= 4 is 58.7 Å². The quantitative estimate of drug-likeness (QED) is 0.138. The van der Waals surface area contributed by atoms with Crippen LogP contribution in [0.2, 0.25) is 0 Å². The van der Waals surface area contributed by atoms with E-state index in [1.165, 1.54) is 26.5 Å². The lowest BCUT2D eigenvalue weighted by molar-refractivity contribution is -0.120. The van der Waals surface area contributed by atoms with Gasteiger partial charge in [-0.3, -0.25) is 28.9 Å². The van der Waals surface area contributed by atoms with Gasteiger partial charge >= 0.3 is 0 Å². The van der Waals surface area contributed by atoms with E-state index in [0.717, 1.165) is 94.1 Å². The topological polar surface area (TPSA) is 141 Å². The van der Waals surface area contributed by atoms with Gasteiger partial charge in [-0.1, -0.05) is 12.1 Å². The Morgan fingerprint density at radius 2 is 1.89 bits per heavy atom. The molecule has 0 radical (unpaired) electrons. The van der Waals surface area contributed by atoms with Gasteiger partial charge in [-0.15, -0.1) is 0 Å². The summed E-state index contributed by atoms with van der Waals surface area (Å²) >= 11 is 1.85. The van der Waals surface area contributed by atoms with E-state index in [2.05, 4.69) is 83.5 Å². The Bertz CT molecular complexity index is 2030. The van der Waals surface area contributed by atoms with Crippen LogP contribution in [0.4, 0.5) is 17.6 Å². The third kappa shape index (κ3) is 7.24. The van der Waals surface area contributed by atoms with Crippen LogP contribution in [0.25, 0.3) is 10.9 Å². The molecule has 3 N–H and O–H groups in total. The molecule has 5 heterocycles. The first-order valence-electron chi connectivity index (χ1n) is 18.8. The van der Waals surface area contributed by atoms with Crippen LogP contribution in [0.5, 0.6) is 0 Å². The van der Waals surface area contributed by atoms with Gasteiger partial charge < -0.3 is 16.0 Å². The van der Waals surface area contributed by atoms with E-state index in [1.807, 2.05) is 29.9 Å². The first kappa shape index (κ1) is 35.5. The zero-order chi connectivity index (χ0) is 36.7. The lowest BCUT2D eigenvalue weighted by Gasteiger charge is -2.33. The van der Waals surface area contributed by atoms with Gasteiger partial charge in [-0.05, 0) is 117 Å².